The van der Waals surface area contributed by atoms with Crippen LogP contribution in [0.5, 0.6) is 0 Å². The Morgan fingerprint density at radius 2 is 2.40 bits per heavy atom. The lowest BCUT2D eigenvalue weighted by atomic mass is 10.0. The number of esters is 1. The van der Waals surface area contributed by atoms with Gasteiger partial charge in [0.05, 0.1) is 0 Å². The van der Waals surface area contributed by atoms with Gasteiger partial charge in [-0.15, -0.1) is 6.58 Å². The molecule has 1 N–H and O–H groups in total. The Morgan fingerprint density at radius 1 is 1.67 bits per heavy atom. The second-order valence-electron chi connectivity index (χ2n) is 4.66. The van der Waals surface area contributed by atoms with Crippen LogP contribution in [0.1, 0.15) is 39.5 Å². The van der Waals surface area contributed by atoms with Gasteiger partial charge in [0.15, 0.2) is 0 Å². The van der Waals surface area contributed by atoms with Crippen molar-refractivity contribution in [3.8, 4) is 0 Å². The number of hydrogen-bond acceptors (Lipinski definition) is 3. The number of carbonyl (C=O) groups excluding carboxylic acids is 1. The molecule has 1 fully saturated rings. The van der Waals surface area contributed by atoms with E-state index < -0.39 is 0 Å². The molecule has 3 nitrogen and oxygen atoms in total. The molecule has 15 heavy (non-hydrogen) atoms. The van der Waals surface area contributed by atoms with Gasteiger partial charge in [0.1, 0.15) is 11.6 Å². The molecule has 0 saturated carbocycles. The summed E-state index contributed by atoms with van der Waals surface area (Å²) in [4.78, 5) is 11.7. The molecule has 0 unspecified atom stereocenters. The third-order valence-corrected chi connectivity index (χ3v) is 2.67. The normalized spacial score (nSPS) is 21.3. The quantitative estimate of drug-likeness (QED) is 0.558. The van der Waals surface area contributed by atoms with E-state index in [1.165, 1.54) is 0 Å². The maximum Gasteiger partial charge on any atom is 0.323 e. The maximum absolute atomic E-state index is 11.7. The third kappa shape index (κ3) is 4.04. The fraction of sp³-hybridized carbons (Fsp3) is 0.750. The second-order valence-corrected chi connectivity index (χ2v) is 4.66. The highest BCUT2D eigenvalue weighted by Gasteiger charge is 2.29. The molecule has 86 valence electrons. The number of ether oxygens (including phenoxy) is 1. The molecule has 0 aromatic heterocycles. The molecule has 0 radical (unpaired) electrons. The van der Waals surface area contributed by atoms with Gasteiger partial charge in [-0.2, -0.15) is 0 Å². The van der Waals surface area contributed by atoms with E-state index in [2.05, 4.69) is 11.9 Å². The van der Waals surface area contributed by atoms with E-state index in [4.69, 9.17) is 4.74 Å². The van der Waals surface area contributed by atoms with Crippen molar-refractivity contribution in [2.45, 2.75) is 51.2 Å². The molecule has 1 atom stereocenters. The van der Waals surface area contributed by atoms with E-state index in [1.807, 2.05) is 19.9 Å². The van der Waals surface area contributed by atoms with Gasteiger partial charge < -0.3 is 10.1 Å². The summed E-state index contributed by atoms with van der Waals surface area (Å²) in [6, 6.07) is -0.0898. The fourth-order valence-corrected chi connectivity index (χ4v) is 1.73. The topological polar surface area (TPSA) is 38.3 Å². The summed E-state index contributed by atoms with van der Waals surface area (Å²) in [6.45, 7) is 8.49. The van der Waals surface area contributed by atoms with Crippen LogP contribution in [0.25, 0.3) is 0 Å². The van der Waals surface area contributed by atoms with Gasteiger partial charge in [-0.05, 0) is 46.1 Å². The van der Waals surface area contributed by atoms with Crippen LogP contribution in [-0.2, 0) is 9.53 Å². The zero-order chi connectivity index (χ0) is 11.3. The van der Waals surface area contributed by atoms with Gasteiger partial charge in [-0.1, -0.05) is 6.08 Å². The monoisotopic (exact) mass is 211 g/mol. The first-order valence-electron chi connectivity index (χ1n) is 5.62. The molecule has 0 bridgehead atoms. The summed E-state index contributed by atoms with van der Waals surface area (Å²) in [5, 5.41) is 3.14. The van der Waals surface area contributed by atoms with Crippen molar-refractivity contribution in [2.24, 2.45) is 0 Å². The van der Waals surface area contributed by atoms with Crippen LogP contribution in [-0.4, -0.2) is 24.2 Å². The van der Waals surface area contributed by atoms with Gasteiger partial charge in [-0.3, -0.25) is 4.79 Å². The summed E-state index contributed by atoms with van der Waals surface area (Å²) in [5.74, 6) is -0.110. The average Bonchev–Trinajstić information content (AvgIpc) is 2.67. The highest BCUT2D eigenvalue weighted by Crippen LogP contribution is 2.19. The fourth-order valence-electron chi connectivity index (χ4n) is 1.73. The van der Waals surface area contributed by atoms with Crippen LogP contribution in [0.15, 0.2) is 12.7 Å². The molecule has 1 aliphatic rings. The molecule has 1 saturated heterocycles. The molecule has 0 aliphatic carbocycles. The number of rotatable bonds is 5. The van der Waals surface area contributed by atoms with Gasteiger partial charge in [0, 0.05) is 0 Å². The van der Waals surface area contributed by atoms with E-state index in [0.29, 0.717) is 0 Å². The first-order valence-corrected chi connectivity index (χ1v) is 5.62. The summed E-state index contributed by atoms with van der Waals surface area (Å²) in [5.41, 5.74) is -0.379. The first kappa shape index (κ1) is 12.2. The molecular formula is C12H21NO2. The molecule has 1 heterocycles. The molecule has 0 spiro atoms. The number of nitrogens with one attached hydrogen (secondary N) is 1. The van der Waals surface area contributed by atoms with Crippen LogP contribution >= 0.6 is 0 Å². The molecule has 0 aromatic rings. The molecule has 0 aromatic carbocycles. The molecule has 3 heteroatoms. The van der Waals surface area contributed by atoms with E-state index in [-0.39, 0.29) is 17.6 Å². The lowest BCUT2D eigenvalue weighted by molar-refractivity contribution is -0.159. The minimum Gasteiger partial charge on any atom is -0.458 e. The Morgan fingerprint density at radius 3 is 2.93 bits per heavy atom. The zero-order valence-electron chi connectivity index (χ0n) is 9.71. The molecule has 0 amide bonds. The Hall–Kier alpha value is -0.830. The van der Waals surface area contributed by atoms with Crippen LogP contribution in [0, 0.1) is 0 Å². The lowest BCUT2D eigenvalue weighted by Gasteiger charge is -2.26. The van der Waals surface area contributed by atoms with Crippen molar-refractivity contribution in [2.75, 3.05) is 6.54 Å². The Kier molecular flexibility index (Phi) is 4.33. The van der Waals surface area contributed by atoms with E-state index in [1.54, 1.807) is 0 Å². The van der Waals surface area contributed by atoms with Crippen molar-refractivity contribution in [3.63, 3.8) is 0 Å². The van der Waals surface area contributed by atoms with Crippen LogP contribution in [0.4, 0.5) is 0 Å². The van der Waals surface area contributed by atoms with Gasteiger partial charge in [0.25, 0.3) is 0 Å². The van der Waals surface area contributed by atoms with Crippen LogP contribution in [0.2, 0.25) is 0 Å². The van der Waals surface area contributed by atoms with Gasteiger partial charge in [-0.25, -0.2) is 0 Å². The van der Waals surface area contributed by atoms with Crippen LogP contribution < -0.4 is 5.32 Å². The summed E-state index contributed by atoms with van der Waals surface area (Å²) in [6.07, 6.45) is 5.51. The lowest BCUT2D eigenvalue weighted by Crippen LogP contribution is -2.38. The van der Waals surface area contributed by atoms with Crippen molar-refractivity contribution in [3.05, 3.63) is 12.7 Å². The Bertz CT molecular complexity index is 230. The number of carbonyl (C=O) groups is 1. The second kappa shape index (κ2) is 5.31. The molecule has 1 aliphatic heterocycles. The average molecular weight is 211 g/mol. The van der Waals surface area contributed by atoms with Gasteiger partial charge in [0.2, 0.25) is 0 Å². The predicted octanol–water partition coefficient (Wildman–Crippen LogP) is 2.03. The minimum atomic E-state index is -0.379. The van der Waals surface area contributed by atoms with Crippen molar-refractivity contribution < 1.29 is 9.53 Å². The Labute approximate surface area is 91.9 Å². The summed E-state index contributed by atoms with van der Waals surface area (Å²) in [7, 11) is 0. The minimum absolute atomic E-state index is 0.0898. The number of hydrogen-bond donors (Lipinski definition) is 1. The highest BCUT2D eigenvalue weighted by atomic mass is 16.6. The Balaban J connectivity index is 2.37. The summed E-state index contributed by atoms with van der Waals surface area (Å²) < 4.78 is 5.47. The first-order chi connectivity index (χ1) is 7.05. The van der Waals surface area contributed by atoms with E-state index >= 15 is 0 Å². The maximum atomic E-state index is 11.7. The number of allylic oxidation sites excluding steroid dienone is 1. The highest BCUT2D eigenvalue weighted by molar-refractivity contribution is 5.76. The summed E-state index contributed by atoms with van der Waals surface area (Å²) >= 11 is 0. The van der Waals surface area contributed by atoms with Crippen LogP contribution in [0.3, 0.4) is 0 Å². The van der Waals surface area contributed by atoms with E-state index in [0.717, 1.165) is 32.2 Å². The van der Waals surface area contributed by atoms with E-state index in [9.17, 15) is 4.79 Å². The predicted molar refractivity (Wildman–Crippen MR) is 60.6 cm³/mol. The smallest absolute Gasteiger partial charge is 0.323 e. The SMILES string of the molecule is C=CCCC(C)(C)OC(=O)[C@H]1CCCN1. The standard InChI is InChI=1S/C12H21NO2/c1-4-5-8-12(2,3)15-11(14)10-7-6-9-13-10/h4,10,13H,1,5-9H2,2-3H3/t10-/m1/s1. The molecular weight excluding hydrogens is 190 g/mol. The van der Waals surface area contributed by atoms with Gasteiger partial charge >= 0.3 is 5.97 Å². The molecule has 1 rings (SSSR count). The third-order valence-electron chi connectivity index (χ3n) is 2.67. The van der Waals surface area contributed by atoms with Crippen molar-refractivity contribution in [1.29, 1.82) is 0 Å². The van der Waals surface area contributed by atoms with Crippen molar-refractivity contribution >= 4 is 5.97 Å². The van der Waals surface area contributed by atoms with Crippen molar-refractivity contribution in [1.82, 2.24) is 5.32 Å². The zero-order valence-corrected chi connectivity index (χ0v) is 9.71. The largest absolute Gasteiger partial charge is 0.458 e.